The number of hydrogen-bond donors (Lipinski definition) is 2. The van der Waals surface area contributed by atoms with E-state index in [2.05, 4.69) is 10.0 Å². The third-order valence-corrected chi connectivity index (χ3v) is 7.10. The summed E-state index contributed by atoms with van der Waals surface area (Å²) in [5, 5.41) is 14.1. The van der Waals surface area contributed by atoms with Gasteiger partial charge in [-0.15, -0.1) is 0 Å². The van der Waals surface area contributed by atoms with Crippen LogP contribution in [0.15, 0.2) is 47.4 Å². The monoisotopic (exact) mass is 488 g/mol. The Labute approximate surface area is 198 Å². The first kappa shape index (κ1) is 25.2. The zero-order chi connectivity index (χ0) is 25.0. The Hall–Kier alpha value is -3.47. The second kappa shape index (κ2) is 10.2. The van der Waals surface area contributed by atoms with Crippen molar-refractivity contribution in [1.82, 2.24) is 10.2 Å². The van der Waals surface area contributed by atoms with E-state index in [1.165, 1.54) is 43.3 Å². The Bertz CT molecular complexity index is 1190. The van der Waals surface area contributed by atoms with E-state index in [4.69, 9.17) is 0 Å². The van der Waals surface area contributed by atoms with Gasteiger partial charge in [0.25, 0.3) is 21.6 Å². The topological polar surface area (TPSA) is 139 Å². The van der Waals surface area contributed by atoms with Crippen molar-refractivity contribution < 1.29 is 22.9 Å². The highest BCUT2D eigenvalue weighted by Gasteiger charge is 2.25. The molecule has 182 valence electrons. The molecule has 0 atom stereocenters. The van der Waals surface area contributed by atoms with E-state index in [0.717, 1.165) is 6.07 Å². The number of rotatable bonds is 7. The molecule has 2 N–H and O–H groups in total. The highest BCUT2D eigenvalue weighted by Crippen LogP contribution is 2.24. The Morgan fingerprint density at radius 2 is 1.71 bits per heavy atom. The average Bonchev–Trinajstić information content (AvgIpc) is 2.79. The van der Waals surface area contributed by atoms with Gasteiger partial charge >= 0.3 is 0 Å². The average molecular weight is 489 g/mol. The number of benzene rings is 2. The molecule has 2 aromatic rings. The molecular formula is C23H28N4O6S. The largest absolute Gasteiger partial charge is 0.349 e. The number of nitro benzene ring substituents is 1. The summed E-state index contributed by atoms with van der Waals surface area (Å²) in [6.45, 7) is 6.45. The molecule has 0 unspecified atom stereocenters. The molecule has 2 aromatic carbocycles. The molecule has 0 bridgehead atoms. The van der Waals surface area contributed by atoms with E-state index in [-0.39, 0.29) is 40.0 Å². The predicted octanol–water partition coefficient (Wildman–Crippen LogP) is 3.08. The van der Waals surface area contributed by atoms with Crippen molar-refractivity contribution in [3.63, 3.8) is 0 Å². The fourth-order valence-corrected chi connectivity index (χ4v) is 4.81. The minimum atomic E-state index is -4.05. The van der Waals surface area contributed by atoms with E-state index < -0.39 is 14.9 Å². The molecule has 0 spiro atoms. The normalized spacial score (nSPS) is 14.6. The maximum absolute atomic E-state index is 12.6. The summed E-state index contributed by atoms with van der Waals surface area (Å²) in [5.74, 6) is -0.219. The van der Waals surface area contributed by atoms with E-state index >= 15 is 0 Å². The lowest BCUT2D eigenvalue weighted by molar-refractivity contribution is -0.385. The Morgan fingerprint density at radius 3 is 2.26 bits per heavy atom. The molecule has 1 heterocycles. The van der Waals surface area contributed by atoms with Crippen LogP contribution >= 0.6 is 0 Å². The van der Waals surface area contributed by atoms with Crippen LogP contribution in [0.25, 0.3) is 0 Å². The van der Waals surface area contributed by atoms with Gasteiger partial charge in [0.15, 0.2) is 0 Å². The quantitative estimate of drug-likeness (QED) is 0.454. The highest BCUT2D eigenvalue weighted by molar-refractivity contribution is 7.92. The second-order valence-corrected chi connectivity index (χ2v) is 10.3. The predicted molar refractivity (Wildman–Crippen MR) is 127 cm³/mol. The number of hydrogen-bond acceptors (Lipinski definition) is 6. The third-order valence-electron chi connectivity index (χ3n) is 5.72. The SMILES string of the molecule is Cc1ccc(S(=O)(=O)Nc2ccc(C(=O)NC3CCN(C(=O)C(C)C)CC3)cc2)cc1[N+](=O)[O-]. The molecule has 1 fully saturated rings. The molecule has 1 aliphatic heterocycles. The van der Waals surface area contributed by atoms with Gasteiger partial charge in [0.2, 0.25) is 5.91 Å². The Morgan fingerprint density at radius 1 is 1.09 bits per heavy atom. The molecule has 0 aliphatic carbocycles. The van der Waals surface area contributed by atoms with Gasteiger partial charge in [-0.2, -0.15) is 0 Å². The summed E-state index contributed by atoms with van der Waals surface area (Å²) in [4.78, 5) is 36.8. The minimum absolute atomic E-state index is 0.0424. The number of nitrogens with one attached hydrogen (secondary N) is 2. The van der Waals surface area contributed by atoms with Crippen molar-refractivity contribution >= 4 is 33.2 Å². The van der Waals surface area contributed by atoms with Crippen LogP contribution < -0.4 is 10.0 Å². The zero-order valence-corrected chi connectivity index (χ0v) is 20.1. The van der Waals surface area contributed by atoms with Crippen LogP contribution in [0.1, 0.15) is 42.6 Å². The van der Waals surface area contributed by atoms with Gasteiger partial charge in [-0.3, -0.25) is 24.4 Å². The van der Waals surface area contributed by atoms with Gasteiger partial charge in [0, 0.05) is 47.9 Å². The lowest BCUT2D eigenvalue weighted by Gasteiger charge is -2.33. The molecule has 0 aromatic heterocycles. The Balaban J connectivity index is 1.61. The summed E-state index contributed by atoms with van der Waals surface area (Å²) in [6, 6.07) is 9.57. The van der Waals surface area contributed by atoms with Gasteiger partial charge in [-0.25, -0.2) is 8.42 Å². The van der Waals surface area contributed by atoms with Gasteiger partial charge in [0.05, 0.1) is 9.82 Å². The summed E-state index contributed by atoms with van der Waals surface area (Å²) in [6.07, 6.45) is 1.34. The van der Waals surface area contributed by atoms with Crippen molar-refractivity contribution in [3.8, 4) is 0 Å². The van der Waals surface area contributed by atoms with E-state index in [1.54, 1.807) is 0 Å². The fourth-order valence-electron chi connectivity index (χ4n) is 3.73. The number of sulfonamides is 1. The maximum atomic E-state index is 12.6. The lowest BCUT2D eigenvalue weighted by atomic mass is 10.0. The number of nitrogens with zero attached hydrogens (tertiary/aromatic N) is 2. The van der Waals surface area contributed by atoms with Crippen molar-refractivity contribution in [2.75, 3.05) is 17.8 Å². The molecule has 0 radical (unpaired) electrons. The number of carbonyl (C=O) groups is 2. The smallest absolute Gasteiger partial charge is 0.273 e. The summed E-state index contributed by atoms with van der Waals surface area (Å²) in [7, 11) is -4.05. The summed E-state index contributed by atoms with van der Waals surface area (Å²) >= 11 is 0. The molecule has 3 rings (SSSR count). The van der Waals surface area contributed by atoms with Crippen LogP contribution in [0.2, 0.25) is 0 Å². The van der Waals surface area contributed by atoms with Crippen molar-refractivity contribution in [1.29, 1.82) is 0 Å². The van der Waals surface area contributed by atoms with Gasteiger partial charge < -0.3 is 10.2 Å². The highest BCUT2D eigenvalue weighted by atomic mass is 32.2. The molecular weight excluding hydrogens is 460 g/mol. The molecule has 1 aliphatic rings. The first-order chi connectivity index (χ1) is 16.0. The molecule has 0 saturated carbocycles. The molecule has 1 saturated heterocycles. The van der Waals surface area contributed by atoms with Crippen LogP contribution in [0.5, 0.6) is 0 Å². The van der Waals surface area contributed by atoms with Crippen LogP contribution in [0.3, 0.4) is 0 Å². The molecule has 34 heavy (non-hydrogen) atoms. The van der Waals surface area contributed by atoms with Crippen LogP contribution in [0.4, 0.5) is 11.4 Å². The number of nitro groups is 1. The number of anilines is 1. The Kier molecular flexibility index (Phi) is 7.55. The van der Waals surface area contributed by atoms with Crippen molar-refractivity contribution in [2.45, 2.75) is 44.6 Å². The van der Waals surface area contributed by atoms with Gasteiger partial charge in [0.1, 0.15) is 0 Å². The van der Waals surface area contributed by atoms with Crippen LogP contribution in [-0.4, -0.2) is 49.2 Å². The summed E-state index contributed by atoms with van der Waals surface area (Å²) < 4.78 is 27.7. The first-order valence-corrected chi connectivity index (χ1v) is 12.4. The number of carbonyl (C=O) groups excluding carboxylic acids is 2. The van der Waals surface area contributed by atoms with Crippen LogP contribution in [-0.2, 0) is 14.8 Å². The van der Waals surface area contributed by atoms with Gasteiger partial charge in [-0.1, -0.05) is 19.9 Å². The second-order valence-electron chi connectivity index (χ2n) is 8.62. The van der Waals surface area contributed by atoms with Crippen molar-refractivity contribution in [3.05, 3.63) is 63.7 Å². The molecule has 11 heteroatoms. The standard InChI is InChI=1S/C23H28N4O6S/c1-15(2)23(29)26-12-10-18(11-13-26)24-22(28)17-5-7-19(8-6-17)25-34(32,33)20-9-4-16(3)21(14-20)27(30)31/h4-9,14-15,18,25H,10-13H2,1-3H3,(H,24,28). The number of likely N-dealkylation sites (tertiary alicyclic amines) is 1. The molecule has 10 nitrogen and oxygen atoms in total. The summed E-state index contributed by atoms with van der Waals surface area (Å²) in [5.41, 5.74) is 0.667. The van der Waals surface area contributed by atoms with E-state index in [1.807, 2.05) is 18.7 Å². The zero-order valence-electron chi connectivity index (χ0n) is 19.3. The van der Waals surface area contributed by atoms with Gasteiger partial charge in [-0.05, 0) is 50.1 Å². The lowest BCUT2D eigenvalue weighted by Crippen LogP contribution is -2.47. The van der Waals surface area contributed by atoms with Crippen LogP contribution in [0, 0.1) is 23.0 Å². The molecule has 2 amide bonds. The maximum Gasteiger partial charge on any atom is 0.273 e. The van der Waals surface area contributed by atoms with Crippen molar-refractivity contribution in [2.24, 2.45) is 5.92 Å². The number of amides is 2. The third kappa shape index (κ3) is 5.90. The number of piperidine rings is 1. The first-order valence-electron chi connectivity index (χ1n) is 11.0. The minimum Gasteiger partial charge on any atom is -0.349 e. The number of aryl methyl sites for hydroxylation is 1. The fraction of sp³-hybridized carbons (Fsp3) is 0.391. The van der Waals surface area contributed by atoms with E-state index in [0.29, 0.717) is 37.1 Å². The van der Waals surface area contributed by atoms with E-state index in [9.17, 15) is 28.1 Å².